The molecular formula is C8H8BrN3OS. The van der Waals surface area contributed by atoms with Crippen molar-refractivity contribution in [3.8, 4) is 0 Å². The summed E-state index contributed by atoms with van der Waals surface area (Å²) in [6.45, 7) is 2.55. The molecule has 0 bridgehead atoms. The van der Waals surface area contributed by atoms with Crippen molar-refractivity contribution in [1.29, 1.82) is 0 Å². The average molecular weight is 274 g/mol. The number of hydrogen-bond acceptors (Lipinski definition) is 5. The second-order valence-corrected chi connectivity index (χ2v) is 4.81. The Balaban J connectivity index is 1.94. The van der Waals surface area contributed by atoms with E-state index >= 15 is 0 Å². The molecule has 0 unspecified atom stereocenters. The van der Waals surface area contributed by atoms with Crippen LogP contribution in [0.5, 0.6) is 0 Å². The second-order valence-electron chi connectivity index (χ2n) is 2.71. The number of nitrogens with zero attached hydrogens (tertiary/aromatic N) is 2. The summed E-state index contributed by atoms with van der Waals surface area (Å²) < 4.78 is 6.19. The van der Waals surface area contributed by atoms with E-state index in [1.165, 1.54) is 11.3 Å². The molecular weight excluding hydrogens is 266 g/mol. The summed E-state index contributed by atoms with van der Waals surface area (Å²) in [5, 5.41) is 12.7. The van der Waals surface area contributed by atoms with Crippen molar-refractivity contribution in [3.05, 3.63) is 27.6 Å². The minimum absolute atomic E-state index is 0.625. The van der Waals surface area contributed by atoms with Crippen molar-refractivity contribution in [2.24, 2.45) is 0 Å². The van der Waals surface area contributed by atoms with E-state index in [1.54, 1.807) is 6.26 Å². The quantitative estimate of drug-likeness (QED) is 0.935. The SMILES string of the molecule is Cc1nnc(NCc2cc(Br)co2)s1. The van der Waals surface area contributed by atoms with Crippen molar-refractivity contribution in [3.63, 3.8) is 0 Å². The van der Waals surface area contributed by atoms with Crippen LogP contribution < -0.4 is 5.32 Å². The molecule has 6 heteroatoms. The van der Waals surface area contributed by atoms with Gasteiger partial charge in [-0.15, -0.1) is 10.2 Å². The summed E-state index contributed by atoms with van der Waals surface area (Å²) in [5.41, 5.74) is 0. The van der Waals surface area contributed by atoms with E-state index in [9.17, 15) is 0 Å². The number of furan rings is 1. The highest BCUT2D eigenvalue weighted by Gasteiger charge is 2.02. The lowest BCUT2D eigenvalue weighted by Gasteiger charge is -1.96. The molecule has 14 heavy (non-hydrogen) atoms. The van der Waals surface area contributed by atoms with Gasteiger partial charge < -0.3 is 9.73 Å². The van der Waals surface area contributed by atoms with E-state index in [2.05, 4.69) is 31.4 Å². The predicted octanol–water partition coefficient (Wildman–Crippen LogP) is 2.81. The van der Waals surface area contributed by atoms with Crippen molar-refractivity contribution >= 4 is 32.4 Å². The number of aryl methyl sites for hydroxylation is 1. The Morgan fingerprint density at radius 1 is 1.57 bits per heavy atom. The van der Waals surface area contributed by atoms with Gasteiger partial charge in [0, 0.05) is 0 Å². The highest BCUT2D eigenvalue weighted by atomic mass is 79.9. The smallest absolute Gasteiger partial charge is 0.206 e. The molecule has 0 atom stereocenters. The lowest BCUT2D eigenvalue weighted by atomic mass is 10.4. The normalized spacial score (nSPS) is 10.4. The number of rotatable bonds is 3. The molecule has 0 saturated heterocycles. The van der Waals surface area contributed by atoms with Crippen LogP contribution in [0.15, 0.2) is 21.2 Å². The van der Waals surface area contributed by atoms with Crippen LogP contribution in [-0.4, -0.2) is 10.2 Å². The summed E-state index contributed by atoms with van der Waals surface area (Å²) in [6, 6.07) is 1.92. The Labute approximate surface area is 93.5 Å². The van der Waals surface area contributed by atoms with Crippen molar-refractivity contribution < 1.29 is 4.42 Å². The molecule has 4 nitrogen and oxygen atoms in total. The van der Waals surface area contributed by atoms with Gasteiger partial charge in [-0.1, -0.05) is 11.3 Å². The number of halogens is 1. The molecule has 0 radical (unpaired) electrons. The fourth-order valence-corrected chi connectivity index (χ4v) is 1.91. The molecule has 0 fully saturated rings. The standard InChI is InChI=1S/C8H8BrN3OS/c1-5-11-12-8(14-5)10-3-7-2-6(9)4-13-7/h2,4H,3H2,1H3,(H,10,12). The molecule has 2 aromatic heterocycles. The van der Waals surface area contributed by atoms with Gasteiger partial charge in [-0.3, -0.25) is 0 Å². The van der Waals surface area contributed by atoms with Gasteiger partial charge in [0.25, 0.3) is 0 Å². The zero-order valence-electron chi connectivity index (χ0n) is 7.45. The topological polar surface area (TPSA) is 51.0 Å². The lowest BCUT2D eigenvalue weighted by molar-refractivity contribution is 0.517. The van der Waals surface area contributed by atoms with Gasteiger partial charge in [-0.25, -0.2) is 0 Å². The molecule has 0 amide bonds. The Morgan fingerprint density at radius 2 is 2.43 bits per heavy atom. The lowest BCUT2D eigenvalue weighted by Crippen LogP contribution is -1.97. The van der Waals surface area contributed by atoms with Crippen molar-refractivity contribution in [2.75, 3.05) is 5.32 Å². The van der Waals surface area contributed by atoms with E-state index in [4.69, 9.17) is 4.42 Å². The highest BCUT2D eigenvalue weighted by Crippen LogP contribution is 2.17. The largest absolute Gasteiger partial charge is 0.466 e. The fourth-order valence-electron chi connectivity index (χ4n) is 0.977. The molecule has 0 saturated carbocycles. The summed E-state index contributed by atoms with van der Waals surface area (Å²) in [6.07, 6.45) is 1.66. The van der Waals surface area contributed by atoms with E-state index in [1.807, 2.05) is 13.0 Å². The van der Waals surface area contributed by atoms with Crippen molar-refractivity contribution in [1.82, 2.24) is 10.2 Å². The summed E-state index contributed by atoms with van der Waals surface area (Å²) in [5.74, 6) is 0.865. The molecule has 0 aliphatic rings. The molecule has 0 aliphatic heterocycles. The third kappa shape index (κ3) is 2.33. The van der Waals surface area contributed by atoms with Gasteiger partial charge in [0.1, 0.15) is 17.0 Å². The molecule has 74 valence electrons. The number of aromatic nitrogens is 2. The Kier molecular flexibility index (Phi) is 2.83. The molecule has 2 rings (SSSR count). The van der Waals surface area contributed by atoms with Crippen LogP contribution in [0.3, 0.4) is 0 Å². The molecule has 2 heterocycles. The van der Waals surface area contributed by atoms with Crippen LogP contribution in [0.1, 0.15) is 10.8 Å². The van der Waals surface area contributed by atoms with E-state index in [0.717, 1.165) is 20.4 Å². The van der Waals surface area contributed by atoms with Crippen LogP contribution in [-0.2, 0) is 6.54 Å². The Hall–Kier alpha value is -0.880. The first-order chi connectivity index (χ1) is 6.74. The summed E-state index contributed by atoms with van der Waals surface area (Å²) in [7, 11) is 0. The van der Waals surface area contributed by atoms with E-state index < -0.39 is 0 Å². The fraction of sp³-hybridized carbons (Fsp3) is 0.250. The third-order valence-corrected chi connectivity index (χ3v) is 2.77. The first-order valence-corrected chi connectivity index (χ1v) is 5.62. The van der Waals surface area contributed by atoms with Gasteiger partial charge in [0.05, 0.1) is 11.0 Å². The van der Waals surface area contributed by atoms with E-state index in [-0.39, 0.29) is 0 Å². The maximum atomic E-state index is 5.24. The van der Waals surface area contributed by atoms with Crippen LogP contribution in [0.4, 0.5) is 5.13 Å². The molecule has 0 spiro atoms. The van der Waals surface area contributed by atoms with Gasteiger partial charge in [-0.05, 0) is 28.9 Å². The first-order valence-electron chi connectivity index (χ1n) is 4.01. The monoisotopic (exact) mass is 273 g/mol. The highest BCUT2D eigenvalue weighted by molar-refractivity contribution is 9.10. The summed E-state index contributed by atoms with van der Waals surface area (Å²) in [4.78, 5) is 0. The minimum atomic E-state index is 0.625. The van der Waals surface area contributed by atoms with Crippen molar-refractivity contribution in [2.45, 2.75) is 13.5 Å². The second kappa shape index (κ2) is 4.10. The Bertz CT molecular complexity index is 385. The number of hydrogen-bond donors (Lipinski definition) is 1. The molecule has 1 N–H and O–H groups in total. The summed E-state index contributed by atoms with van der Waals surface area (Å²) >= 11 is 4.84. The molecule has 0 aromatic carbocycles. The van der Waals surface area contributed by atoms with Crippen LogP contribution >= 0.6 is 27.3 Å². The van der Waals surface area contributed by atoms with E-state index in [0.29, 0.717) is 6.54 Å². The van der Waals surface area contributed by atoms with Gasteiger partial charge in [-0.2, -0.15) is 0 Å². The minimum Gasteiger partial charge on any atom is -0.466 e. The molecule has 0 aliphatic carbocycles. The van der Waals surface area contributed by atoms with Gasteiger partial charge in [0.15, 0.2) is 0 Å². The maximum absolute atomic E-state index is 5.24. The van der Waals surface area contributed by atoms with Gasteiger partial charge in [0.2, 0.25) is 5.13 Å². The third-order valence-electron chi connectivity index (χ3n) is 1.56. The van der Waals surface area contributed by atoms with Gasteiger partial charge >= 0.3 is 0 Å². The zero-order chi connectivity index (χ0) is 9.97. The zero-order valence-corrected chi connectivity index (χ0v) is 9.85. The number of anilines is 1. The first kappa shape index (κ1) is 9.67. The Morgan fingerprint density at radius 3 is 3.00 bits per heavy atom. The molecule has 2 aromatic rings. The maximum Gasteiger partial charge on any atom is 0.206 e. The van der Waals surface area contributed by atoms with Crippen LogP contribution in [0.2, 0.25) is 0 Å². The van der Waals surface area contributed by atoms with Crippen LogP contribution in [0.25, 0.3) is 0 Å². The van der Waals surface area contributed by atoms with Crippen LogP contribution in [0, 0.1) is 6.92 Å². The predicted molar refractivity (Wildman–Crippen MR) is 58.4 cm³/mol. The average Bonchev–Trinajstić information content (AvgIpc) is 2.72. The number of nitrogens with one attached hydrogen (secondary N) is 1.